The first kappa shape index (κ1) is 13.1. The highest BCUT2D eigenvalue weighted by atomic mass is 16.2. The summed E-state index contributed by atoms with van der Waals surface area (Å²) in [6, 6.07) is 8.18. The lowest BCUT2D eigenvalue weighted by atomic mass is 10.1. The number of nitrogens with zero attached hydrogens (tertiary/aromatic N) is 1. The fourth-order valence-corrected chi connectivity index (χ4v) is 2.49. The molecule has 0 saturated carbocycles. The van der Waals surface area contributed by atoms with E-state index in [1.807, 2.05) is 24.1 Å². The molecule has 1 unspecified atom stereocenters. The molecule has 1 aliphatic heterocycles. The van der Waals surface area contributed by atoms with Crippen molar-refractivity contribution in [3.05, 3.63) is 35.4 Å². The maximum absolute atomic E-state index is 12.1. The highest BCUT2D eigenvalue weighted by Gasteiger charge is 2.19. The van der Waals surface area contributed by atoms with Crippen molar-refractivity contribution in [1.29, 1.82) is 0 Å². The fourth-order valence-electron chi connectivity index (χ4n) is 2.49. The third-order valence-corrected chi connectivity index (χ3v) is 3.56. The van der Waals surface area contributed by atoms with E-state index < -0.39 is 0 Å². The minimum absolute atomic E-state index is 0.215. The summed E-state index contributed by atoms with van der Waals surface area (Å²) in [5, 5.41) is 3.34. The number of amides is 1. The lowest BCUT2D eigenvalue weighted by Crippen LogP contribution is -2.33. The van der Waals surface area contributed by atoms with Gasteiger partial charge in [-0.3, -0.25) is 4.79 Å². The minimum Gasteiger partial charge on any atom is -0.345 e. The number of likely N-dealkylation sites (N-methyl/N-ethyl adjacent to an activating group) is 1. The van der Waals surface area contributed by atoms with Crippen molar-refractivity contribution in [3.63, 3.8) is 0 Å². The molecule has 1 aromatic carbocycles. The average molecular weight is 246 g/mol. The Bertz CT molecular complexity index is 411. The van der Waals surface area contributed by atoms with E-state index in [0.29, 0.717) is 12.3 Å². The Hall–Kier alpha value is -1.35. The predicted molar refractivity (Wildman–Crippen MR) is 73.5 cm³/mol. The van der Waals surface area contributed by atoms with Gasteiger partial charge in [0.2, 0.25) is 5.91 Å². The molecule has 2 rings (SSSR count). The summed E-state index contributed by atoms with van der Waals surface area (Å²) in [5.41, 5.74) is 2.32. The monoisotopic (exact) mass is 246 g/mol. The van der Waals surface area contributed by atoms with Gasteiger partial charge < -0.3 is 10.2 Å². The first-order chi connectivity index (χ1) is 8.65. The summed E-state index contributed by atoms with van der Waals surface area (Å²) in [7, 11) is 1.91. The van der Waals surface area contributed by atoms with Crippen LogP contribution in [0.5, 0.6) is 0 Å². The van der Waals surface area contributed by atoms with Crippen LogP contribution >= 0.6 is 0 Å². The predicted octanol–water partition coefficient (Wildman–Crippen LogP) is 1.61. The maximum atomic E-state index is 12.1. The summed E-state index contributed by atoms with van der Waals surface area (Å²) in [6.45, 7) is 5.06. The zero-order valence-corrected chi connectivity index (χ0v) is 11.3. The van der Waals surface area contributed by atoms with Gasteiger partial charge in [-0.05, 0) is 37.9 Å². The van der Waals surface area contributed by atoms with E-state index in [0.717, 1.165) is 25.2 Å². The topological polar surface area (TPSA) is 32.3 Å². The van der Waals surface area contributed by atoms with Crippen molar-refractivity contribution in [3.8, 4) is 0 Å². The Kier molecular flexibility index (Phi) is 4.37. The quantitative estimate of drug-likeness (QED) is 0.875. The smallest absolute Gasteiger partial charge is 0.226 e. The van der Waals surface area contributed by atoms with E-state index in [1.165, 1.54) is 12.0 Å². The van der Waals surface area contributed by atoms with Gasteiger partial charge in [0.1, 0.15) is 0 Å². The van der Waals surface area contributed by atoms with E-state index in [4.69, 9.17) is 0 Å². The summed E-state index contributed by atoms with van der Waals surface area (Å²) in [5.74, 6) is 0.837. The number of benzene rings is 1. The van der Waals surface area contributed by atoms with Crippen LogP contribution < -0.4 is 5.32 Å². The van der Waals surface area contributed by atoms with Crippen LogP contribution in [0, 0.1) is 12.8 Å². The number of aryl methyl sites for hydroxylation is 1. The van der Waals surface area contributed by atoms with Gasteiger partial charge in [0.05, 0.1) is 6.42 Å². The second-order valence-corrected chi connectivity index (χ2v) is 5.30. The molecule has 0 spiro atoms. The number of carbonyl (C=O) groups is 1. The lowest BCUT2D eigenvalue weighted by molar-refractivity contribution is -0.129. The SMILES string of the molecule is Cc1cccc(CC(=O)N(C)CC2CCNC2)c1. The van der Waals surface area contributed by atoms with Crippen molar-refractivity contribution >= 4 is 5.91 Å². The summed E-state index contributed by atoms with van der Waals surface area (Å²) in [6.07, 6.45) is 1.69. The third kappa shape index (κ3) is 3.57. The second-order valence-electron chi connectivity index (χ2n) is 5.30. The summed E-state index contributed by atoms with van der Waals surface area (Å²) >= 11 is 0. The van der Waals surface area contributed by atoms with Crippen LogP contribution in [0.2, 0.25) is 0 Å². The zero-order valence-electron chi connectivity index (χ0n) is 11.3. The third-order valence-electron chi connectivity index (χ3n) is 3.56. The van der Waals surface area contributed by atoms with Crippen molar-refractivity contribution in [2.75, 3.05) is 26.7 Å². The van der Waals surface area contributed by atoms with E-state index in [2.05, 4.69) is 24.4 Å². The standard InChI is InChI=1S/C15H22N2O/c1-12-4-3-5-13(8-12)9-15(18)17(2)11-14-6-7-16-10-14/h3-5,8,14,16H,6-7,9-11H2,1-2H3. The van der Waals surface area contributed by atoms with Gasteiger partial charge in [-0.1, -0.05) is 29.8 Å². The minimum atomic E-state index is 0.215. The Morgan fingerprint density at radius 2 is 2.33 bits per heavy atom. The van der Waals surface area contributed by atoms with Crippen LogP contribution in [0.3, 0.4) is 0 Å². The molecule has 1 aromatic rings. The normalized spacial score (nSPS) is 18.9. The van der Waals surface area contributed by atoms with Crippen molar-refractivity contribution in [2.24, 2.45) is 5.92 Å². The molecular formula is C15H22N2O. The van der Waals surface area contributed by atoms with E-state index in [-0.39, 0.29) is 5.91 Å². The molecule has 0 aromatic heterocycles. The first-order valence-electron chi connectivity index (χ1n) is 6.65. The molecule has 1 heterocycles. The molecule has 0 aliphatic carbocycles. The Morgan fingerprint density at radius 3 is 3.00 bits per heavy atom. The number of carbonyl (C=O) groups excluding carboxylic acids is 1. The van der Waals surface area contributed by atoms with Gasteiger partial charge in [0, 0.05) is 13.6 Å². The molecule has 98 valence electrons. The highest BCUT2D eigenvalue weighted by molar-refractivity contribution is 5.78. The van der Waals surface area contributed by atoms with Gasteiger partial charge in [-0.25, -0.2) is 0 Å². The van der Waals surface area contributed by atoms with Crippen molar-refractivity contribution in [1.82, 2.24) is 10.2 Å². The molecule has 1 N–H and O–H groups in total. The van der Waals surface area contributed by atoms with Crippen molar-refractivity contribution < 1.29 is 4.79 Å². The lowest BCUT2D eigenvalue weighted by Gasteiger charge is -2.20. The first-order valence-corrected chi connectivity index (χ1v) is 6.65. The number of hydrogen-bond acceptors (Lipinski definition) is 2. The van der Waals surface area contributed by atoms with Crippen LogP contribution in [-0.4, -0.2) is 37.5 Å². The van der Waals surface area contributed by atoms with Crippen LogP contribution in [0.4, 0.5) is 0 Å². The van der Waals surface area contributed by atoms with Gasteiger partial charge in [0.15, 0.2) is 0 Å². The van der Waals surface area contributed by atoms with Crippen LogP contribution in [0.1, 0.15) is 17.5 Å². The van der Waals surface area contributed by atoms with Crippen molar-refractivity contribution in [2.45, 2.75) is 19.8 Å². The van der Waals surface area contributed by atoms with Gasteiger partial charge in [0.25, 0.3) is 0 Å². The number of hydrogen-bond donors (Lipinski definition) is 1. The molecule has 3 nitrogen and oxygen atoms in total. The Labute approximate surface area is 109 Å². The second kappa shape index (κ2) is 6.01. The Morgan fingerprint density at radius 1 is 1.50 bits per heavy atom. The fraction of sp³-hybridized carbons (Fsp3) is 0.533. The van der Waals surface area contributed by atoms with Crippen LogP contribution in [0.25, 0.3) is 0 Å². The molecule has 18 heavy (non-hydrogen) atoms. The van der Waals surface area contributed by atoms with Gasteiger partial charge in [-0.2, -0.15) is 0 Å². The Balaban J connectivity index is 1.86. The highest BCUT2D eigenvalue weighted by Crippen LogP contribution is 2.11. The van der Waals surface area contributed by atoms with Crippen LogP contribution in [-0.2, 0) is 11.2 Å². The maximum Gasteiger partial charge on any atom is 0.226 e. The molecule has 1 aliphatic rings. The average Bonchev–Trinajstić information content (AvgIpc) is 2.81. The number of rotatable bonds is 4. The molecule has 1 atom stereocenters. The molecule has 3 heteroatoms. The molecule has 0 bridgehead atoms. The summed E-state index contributed by atoms with van der Waals surface area (Å²) < 4.78 is 0. The molecule has 1 saturated heterocycles. The molecule has 1 amide bonds. The largest absolute Gasteiger partial charge is 0.345 e. The molecular weight excluding hydrogens is 224 g/mol. The van der Waals surface area contributed by atoms with E-state index >= 15 is 0 Å². The van der Waals surface area contributed by atoms with E-state index in [1.54, 1.807) is 0 Å². The van der Waals surface area contributed by atoms with Crippen LogP contribution in [0.15, 0.2) is 24.3 Å². The van der Waals surface area contributed by atoms with E-state index in [9.17, 15) is 4.79 Å². The number of nitrogens with one attached hydrogen (secondary N) is 1. The summed E-state index contributed by atoms with van der Waals surface area (Å²) in [4.78, 5) is 14.0. The zero-order chi connectivity index (χ0) is 13.0. The van der Waals surface area contributed by atoms with Gasteiger partial charge in [-0.15, -0.1) is 0 Å². The molecule has 0 radical (unpaired) electrons. The molecule has 1 fully saturated rings. The van der Waals surface area contributed by atoms with Gasteiger partial charge >= 0.3 is 0 Å².